The lowest BCUT2D eigenvalue weighted by atomic mass is 9.94. The van der Waals surface area contributed by atoms with Gasteiger partial charge in [0, 0.05) is 71.3 Å². The molecule has 0 aliphatic carbocycles. The monoisotopic (exact) mass is 785 g/mol. The first-order valence-corrected chi connectivity index (χ1v) is 20.1. The number of nitrogens with one attached hydrogen (secondary N) is 2. The van der Waals surface area contributed by atoms with Crippen molar-refractivity contribution in [3.8, 4) is 22.8 Å². The van der Waals surface area contributed by atoms with E-state index in [0.29, 0.717) is 49.0 Å². The van der Waals surface area contributed by atoms with Crippen LogP contribution in [0.5, 0.6) is 0 Å². The normalized spacial score (nSPS) is 20.5. The molecule has 310 valence electrons. The number of carbonyl (C=O) groups is 4. The van der Waals surface area contributed by atoms with Crippen LogP contribution in [-0.4, -0.2) is 87.0 Å². The zero-order valence-corrected chi connectivity index (χ0v) is 35.9. The molecule has 0 bridgehead atoms. The summed E-state index contributed by atoms with van der Waals surface area (Å²) in [5.41, 5.74) is 0.956. The minimum atomic E-state index is -0.566. The van der Waals surface area contributed by atoms with Gasteiger partial charge in [0.2, 0.25) is 29.5 Å². The molecule has 2 aliphatic rings. The minimum Gasteiger partial charge on any atom is -0.436 e. The van der Waals surface area contributed by atoms with E-state index in [1.807, 2.05) is 129 Å². The first kappa shape index (κ1) is 43.6. The van der Waals surface area contributed by atoms with Gasteiger partial charge in [-0.25, -0.2) is 4.98 Å². The van der Waals surface area contributed by atoms with Crippen molar-refractivity contribution in [2.75, 3.05) is 23.7 Å². The summed E-state index contributed by atoms with van der Waals surface area (Å²) < 4.78 is 18.5. The van der Waals surface area contributed by atoms with Crippen molar-refractivity contribution in [3.05, 3.63) is 54.7 Å². The number of anilines is 2. The van der Waals surface area contributed by atoms with E-state index in [0.717, 1.165) is 11.1 Å². The van der Waals surface area contributed by atoms with E-state index in [1.54, 1.807) is 18.3 Å². The SMILES string of the molecule is CC(C)(C)O[C@@H]1C[C@@H](CC(=O)Nc2ccc(-c3cnc(-c4ccc(NC(=O)C[C@@H]5C[C@@H](OC(C)(C)C)CN5C(=O)C(C)(C)C)cc4)o3)cc2)N(C(=O)C(C)(C)C)C1. The molecule has 0 unspecified atom stereocenters. The summed E-state index contributed by atoms with van der Waals surface area (Å²) in [6.45, 7) is 24.3. The van der Waals surface area contributed by atoms with Gasteiger partial charge in [-0.05, 0) is 103 Å². The Hall–Kier alpha value is -4.55. The molecule has 0 spiro atoms. The third-order valence-electron chi connectivity index (χ3n) is 9.81. The number of oxazole rings is 1. The van der Waals surface area contributed by atoms with Crippen LogP contribution in [0.15, 0.2) is 59.1 Å². The van der Waals surface area contributed by atoms with Crippen LogP contribution in [0.1, 0.15) is 109 Å². The molecule has 12 heteroatoms. The molecular weight excluding hydrogens is 723 g/mol. The van der Waals surface area contributed by atoms with E-state index in [-0.39, 0.29) is 72.0 Å². The summed E-state index contributed by atoms with van der Waals surface area (Å²) in [6.07, 6.45) is 2.93. The second kappa shape index (κ2) is 16.7. The van der Waals surface area contributed by atoms with Gasteiger partial charge >= 0.3 is 0 Å². The quantitative estimate of drug-likeness (QED) is 0.209. The van der Waals surface area contributed by atoms with Crippen LogP contribution >= 0.6 is 0 Å². The van der Waals surface area contributed by atoms with Gasteiger partial charge in [0.15, 0.2) is 5.76 Å². The van der Waals surface area contributed by atoms with Crippen molar-refractivity contribution < 1.29 is 33.1 Å². The fraction of sp³-hybridized carbons (Fsp3) is 0.578. The molecule has 3 aromatic rings. The van der Waals surface area contributed by atoms with E-state index in [2.05, 4.69) is 15.6 Å². The molecule has 12 nitrogen and oxygen atoms in total. The van der Waals surface area contributed by atoms with E-state index < -0.39 is 10.8 Å². The first-order chi connectivity index (χ1) is 26.3. The van der Waals surface area contributed by atoms with Gasteiger partial charge in [-0.3, -0.25) is 19.2 Å². The van der Waals surface area contributed by atoms with Gasteiger partial charge in [-0.2, -0.15) is 0 Å². The zero-order valence-electron chi connectivity index (χ0n) is 35.9. The van der Waals surface area contributed by atoms with Crippen LogP contribution in [0, 0.1) is 10.8 Å². The number of hydrogen-bond acceptors (Lipinski definition) is 8. The molecule has 57 heavy (non-hydrogen) atoms. The molecule has 2 N–H and O–H groups in total. The Morgan fingerprint density at radius 3 is 1.39 bits per heavy atom. The Morgan fingerprint density at radius 1 is 0.632 bits per heavy atom. The molecular formula is C45H63N5O7. The molecule has 4 amide bonds. The Morgan fingerprint density at radius 2 is 1.02 bits per heavy atom. The van der Waals surface area contributed by atoms with Crippen molar-refractivity contribution in [3.63, 3.8) is 0 Å². The lowest BCUT2D eigenvalue weighted by Gasteiger charge is -2.30. The number of carbonyl (C=O) groups excluding carboxylic acids is 4. The topological polar surface area (TPSA) is 143 Å². The number of amides is 4. The van der Waals surface area contributed by atoms with Gasteiger partial charge in [0.25, 0.3) is 0 Å². The molecule has 5 rings (SSSR count). The van der Waals surface area contributed by atoms with Gasteiger partial charge in [-0.1, -0.05) is 41.5 Å². The number of rotatable bonds is 10. The summed E-state index contributed by atoms with van der Waals surface area (Å²) in [6, 6.07) is 14.1. The van der Waals surface area contributed by atoms with Crippen molar-refractivity contribution in [2.45, 2.75) is 144 Å². The third kappa shape index (κ3) is 12.0. The fourth-order valence-corrected chi connectivity index (χ4v) is 7.47. The van der Waals surface area contributed by atoms with E-state index in [9.17, 15) is 19.2 Å². The standard InChI is InChI=1S/C45H63N5O7/c1-42(2,3)40(53)49-26-34(56-44(7,8)9)21-32(49)23-37(51)47-30-17-13-28(14-18-30)36-25-46-39(55-36)29-15-19-31(20-16-29)48-38(52)24-33-22-35(57-45(10,11)12)27-50(33)41(54)43(4,5)6/h13-20,25,32-35H,21-24,26-27H2,1-12H3,(H,47,51)(H,48,52)/t32-,33-,34+,35+/m0/s1. The molecule has 4 atom stereocenters. The van der Waals surface area contributed by atoms with Crippen LogP contribution in [0.25, 0.3) is 22.8 Å². The van der Waals surface area contributed by atoms with Crippen LogP contribution in [0.2, 0.25) is 0 Å². The summed E-state index contributed by atoms with van der Waals surface area (Å²) in [7, 11) is 0. The summed E-state index contributed by atoms with van der Waals surface area (Å²) >= 11 is 0. The molecule has 2 aromatic carbocycles. The lowest BCUT2D eigenvalue weighted by molar-refractivity contribution is -0.142. The summed E-state index contributed by atoms with van der Waals surface area (Å²) in [5, 5.41) is 5.96. The second-order valence-electron chi connectivity index (χ2n) is 19.6. The van der Waals surface area contributed by atoms with E-state index in [1.165, 1.54) is 0 Å². The number of hydrogen-bond donors (Lipinski definition) is 2. The van der Waals surface area contributed by atoms with Gasteiger partial charge in [0.05, 0.1) is 29.6 Å². The van der Waals surface area contributed by atoms with Crippen LogP contribution < -0.4 is 10.6 Å². The number of nitrogens with zero attached hydrogens (tertiary/aromatic N) is 3. The molecule has 3 heterocycles. The van der Waals surface area contributed by atoms with Crippen LogP contribution in [-0.2, 0) is 28.7 Å². The molecule has 2 saturated heterocycles. The van der Waals surface area contributed by atoms with Crippen molar-refractivity contribution in [1.29, 1.82) is 0 Å². The first-order valence-electron chi connectivity index (χ1n) is 20.1. The predicted octanol–water partition coefficient (Wildman–Crippen LogP) is 8.33. The van der Waals surface area contributed by atoms with Crippen molar-refractivity contribution >= 4 is 35.0 Å². The number of likely N-dealkylation sites (tertiary alicyclic amines) is 2. The van der Waals surface area contributed by atoms with Gasteiger partial charge < -0.3 is 34.3 Å². The van der Waals surface area contributed by atoms with Crippen LogP contribution in [0.4, 0.5) is 11.4 Å². The molecule has 2 fully saturated rings. The minimum absolute atomic E-state index is 0.0104. The second-order valence-corrected chi connectivity index (χ2v) is 19.6. The maximum Gasteiger partial charge on any atom is 0.228 e. The number of ether oxygens (including phenoxy) is 2. The summed E-state index contributed by atoms with van der Waals surface area (Å²) in [4.78, 5) is 61.1. The highest BCUT2D eigenvalue weighted by Gasteiger charge is 2.43. The molecule has 0 radical (unpaired) electrons. The average Bonchev–Trinajstić information content (AvgIpc) is 3.81. The fourth-order valence-electron chi connectivity index (χ4n) is 7.47. The third-order valence-corrected chi connectivity index (χ3v) is 9.81. The van der Waals surface area contributed by atoms with E-state index in [4.69, 9.17) is 13.9 Å². The maximum absolute atomic E-state index is 13.3. The Balaban J connectivity index is 1.16. The van der Waals surface area contributed by atoms with Crippen molar-refractivity contribution in [2.24, 2.45) is 10.8 Å². The Kier molecular flexibility index (Phi) is 12.8. The highest BCUT2D eigenvalue weighted by molar-refractivity contribution is 5.93. The lowest BCUT2D eigenvalue weighted by Crippen LogP contribution is -2.44. The number of benzene rings is 2. The van der Waals surface area contributed by atoms with Gasteiger partial charge in [0.1, 0.15) is 0 Å². The zero-order chi connectivity index (χ0) is 42.1. The highest BCUT2D eigenvalue weighted by atomic mass is 16.5. The molecule has 0 saturated carbocycles. The Bertz CT molecular complexity index is 1760. The summed E-state index contributed by atoms with van der Waals surface area (Å²) in [5.74, 6) is 0.657. The largest absolute Gasteiger partial charge is 0.436 e. The van der Waals surface area contributed by atoms with Crippen LogP contribution in [0.3, 0.4) is 0 Å². The smallest absolute Gasteiger partial charge is 0.228 e. The van der Waals surface area contributed by atoms with E-state index >= 15 is 0 Å². The average molecular weight is 786 g/mol. The van der Waals surface area contributed by atoms with Gasteiger partial charge in [-0.15, -0.1) is 0 Å². The maximum atomic E-state index is 13.3. The highest BCUT2D eigenvalue weighted by Crippen LogP contribution is 2.33. The number of aromatic nitrogens is 1. The molecule has 2 aliphatic heterocycles. The predicted molar refractivity (Wildman–Crippen MR) is 222 cm³/mol. The van der Waals surface area contributed by atoms with Crippen molar-refractivity contribution in [1.82, 2.24) is 14.8 Å². The Labute approximate surface area is 338 Å². The molecule has 1 aromatic heterocycles.